The molecule has 1 fully saturated rings. The summed E-state index contributed by atoms with van der Waals surface area (Å²) in [5, 5.41) is 8.70. The molecule has 2 heterocycles. The van der Waals surface area contributed by atoms with Crippen molar-refractivity contribution in [1.82, 2.24) is 19.8 Å². The van der Waals surface area contributed by atoms with Crippen molar-refractivity contribution in [3.05, 3.63) is 70.6 Å². The van der Waals surface area contributed by atoms with E-state index in [1.807, 2.05) is 31.2 Å². The second-order valence-electron chi connectivity index (χ2n) is 7.97. The monoisotopic (exact) mass is 438 g/mol. The van der Waals surface area contributed by atoms with Crippen LogP contribution < -0.4 is 5.32 Å². The molecule has 8 heteroatoms. The Morgan fingerprint density at radius 3 is 2.61 bits per heavy atom. The number of furan rings is 1. The molecule has 1 aliphatic rings. The molecule has 31 heavy (non-hydrogen) atoms. The predicted molar refractivity (Wildman–Crippen MR) is 117 cm³/mol. The Morgan fingerprint density at radius 1 is 1.19 bits per heavy atom. The van der Waals surface area contributed by atoms with Crippen molar-refractivity contribution < 1.29 is 14.0 Å². The number of amides is 2. The number of nitrogens with one attached hydrogen (secondary N) is 1. The Labute approximate surface area is 185 Å². The summed E-state index contributed by atoms with van der Waals surface area (Å²) in [5.74, 6) is -0.156. The summed E-state index contributed by atoms with van der Waals surface area (Å²) in [6.45, 7) is 2.26. The van der Waals surface area contributed by atoms with Gasteiger partial charge in [-0.05, 0) is 49.0 Å². The smallest absolute Gasteiger partial charge is 0.276 e. The molecule has 0 aliphatic heterocycles. The Kier molecular flexibility index (Phi) is 6.76. The molecule has 1 atom stereocenters. The lowest BCUT2D eigenvalue weighted by Gasteiger charge is -2.31. The Balaban J connectivity index is 1.67. The van der Waals surface area contributed by atoms with Gasteiger partial charge < -0.3 is 14.6 Å². The van der Waals surface area contributed by atoms with E-state index in [9.17, 15) is 9.59 Å². The lowest BCUT2D eigenvalue weighted by atomic mass is 9.95. The van der Waals surface area contributed by atoms with Gasteiger partial charge in [0.05, 0.1) is 6.26 Å². The van der Waals surface area contributed by atoms with Crippen LogP contribution in [0.3, 0.4) is 0 Å². The molecule has 2 amide bonds. The quantitative estimate of drug-likeness (QED) is 0.595. The second kappa shape index (κ2) is 9.87. The highest BCUT2D eigenvalue weighted by Crippen LogP contribution is 2.27. The summed E-state index contributed by atoms with van der Waals surface area (Å²) >= 11 is 1.11. The second-order valence-corrected chi connectivity index (χ2v) is 8.58. The first-order valence-corrected chi connectivity index (χ1v) is 11.4. The number of nitrogens with zero attached hydrogens (tertiary/aromatic N) is 3. The van der Waals surface area contributed by atoms with Gasteiger partial charge in [0.2, 0.25) is 0 Å². The van der Waals surface area contributed by atoms with Gasteiger partial charge in [0, 0.05) is 18.0 Å². The van der Waals surface area contributed by atoms with E-state index < -0.39 is 6.04 Å². The summed E-state index contributed by atoms with van der Waals surface area (Å²) in [6.07, 6.45) is 6.84. The van der Waals surface area contributed by atoms with Crippen LogP contribution in [0.5, 0.6) is 0 Å². The first-order valence-electron chi connectivity index (χ1n) is 10.6. The summed E-state index contributed by atoms with van der Waals surface area (Å²) < 4.78 is 9.45. The maximum atomic E-state index is 13.5. The fourth-order valence-electron chi connectivity index (χ4n) is 3.97. The van der Waals surface area contributed by atoms with Gasteiger partial charge in [0.15, 0.2) is 11.7 Å². The van der Waals surface area contributed by atoms with Crippen molar-refractivity contribution in [1.29, 1.82) is 0 Å². The molecule has 1 aromatic carbocycles. The molecule has 1 N–H and O–H groups in total. The number of carbonyl (C=O) groups is 2. The minimum absolute atomic E-state index is 0.121. The lowest BCUT2D eigenvalue weighted by Crippen LogP contribution is -2.46. The van der Waals surface area contributed by atoms with E-state index in [-0.39, 0.29) is 30.1 Å². The van der Waals surface area contributed by atoms with Crippen molar-refractivity contribution in [3.8, 4) is 0 Å². The highest BCUT2D eigenvalue weighted by atomic mass is 32.1. The first-order chi connectivity index (χ1) is 15.1. The van der Waals surface area contributed by atoms with Gasteiger partial charge in [-0.1, -0.05) is 53.6 Å². The zero-order valence-electron chi connectivity index (χ0n) is 17.5. The third kappa shape index (κ3) is 5.19. The van der Waals surface area contributed by atoms with Crippen LogP contribution in [-0.4, -0.2) is 32.3 Å². The number of aryl methyl sites for hydroxylation is 1. The fourth-order valence-corrected chi connectivity index (χ4v) is 4.40. The standard InChI is InChI=1S/C23H26N4O3S/c1-16-9-11-17(12-10-16)14-27(23(29)19-15-31-26-25-19)21(20-8-5-13-30-20)22(28)24-18-6-3-2-4-7-18/h5,8-13,15,18,21H,2-4,6-7,14H2,1H3,(H,24,28). The molecule has 0 spiro atoms. The molecule has 0 radical (unpaired) electrons. The third-order valence-corrected chi connectivity index (χ3v) is 6.14. The molecule has 2 aromatic heterocycles. The van der Waals surface area contributed by atoms with Crippen molar-refractivity contribution in [2.24, 2.45) is 0 Å². The minimum Gasteiger partial charge on any atom is -0.467 e. The first kappa shape index (κ1) is 21.2. The normalized spacial score (nSPS) is 15.4. The van der Waals surface area contributed by atoms with Crippen LogP contribution in [-0.2, 0) is 11.3 Å². The molecule has 3 aromatic rings. The minimum atomic E-state index is -0.896. The van der Waals surface area contributed by atoms with Crippen LogP contribution in [0, 0.1) is 6.92 Å². The molecule has 0 saturated heterocycles. The summed E-state index contributed by atoms with van der Waals surface area (Å²) in [4.78, 5) is 28.4. The molecular weight excluding hydrogens is 412 g/mol. The largest absolute Gasteiger partial charge is 0.467 e. The van der Waals surface area contributed by atoms with Crippen LogP contribution in [0.25, 0.3) is 0 Å². The number of benzene rings is 1. The molecule has 1 unspecified atom stereocenters. The summed E-state index contributed by atoms with van der Waals surface area (Å²) in [6, 6.07) is 10.6. The molecule has 1 saturated carbocycles. The van der Waals surface area contributed by atoms with E-state index in [2.05, 4.69) is 14.9 Å². The van der Waals surface area contributed by atoms with Gasteiger partial charge in [0.1, 0.15) is 5.76 Å². The van der Waals surface area contributed by atoms with Crippen molar-refractivity contribution in [2.75, 3.05) is 0 Å². The Morgan fingerprint density at radius 2 is 1.97 bits per heavy atom. The van der Waals surface area contributed by atoms with E-state index in [4.69, 9.17) is 4.42 Å². The maximum Gasteiger partial charge on any atom is 0.276 e. The van der Waals surface area contributed by atoms with Gasteiger partial charge >= 0.3 is 0 Å². The fraction of sp³-hybridized carbons (Fsp3) is 0.391. The SMILES string of the molecule is Cc1ccc(CN(C(=O)c2csnn2)C(C(=O)NC2CCCCC2)c2ccco2)cc1. The van der Waals surface area contributed by atoms with E-state index in [1.54, 1.807) is 17.5 Å². The van der Waals surface area contributed by atoms with E-state index in [1.165, 1.54) is 17.6 Å². The highest BCUT2D eigenvalue weighted by Gasteiger charge is 2.36. The third-order valence-electron chi connectivity index (χ3n) is 5.64. The number of rotatable bonds is 7. The van der Waals surface area contributed by atoms with Gasteiger partial charge in [-0.3, -0.25) is 9.59 Å². The van der Waals surface area contributed by atoms with E-state index in [0.29, 0.717) is 5.76 Å². The molecular formula is C23H26N4O3S. The van der Waals surface area contributed by atoms with Crippen LogP contribution in [0.1, 0.15) is 65.5 Å². The topological polar surface area (TPSA) is 88.3 Å². The van der Waals surface area contributed by atoms with Crippen molar-refractivity contribution >= 4 is 23.3 Å². The van der Waals surface area contributed by atoms with Crippen molar-refractivity contribution in [2.45, 2.75) is 57.7 Å². The molecule has 7 nitrogen and oxygen atoms in total. The van der Waals surface area contributed by atoms with Crippen LogP contribution >= 0.6 is 11.5 Å². The summed E-state index contributed by atoms with van der Waals surface area (Å²) in [7, 11) is 0. The molecule has 4 rings (SSSR count). The predicted octanol–water partition coefficient (Wildman–Crippen LogP) is 4.27. The van der Waals surface area contributed by atoms with Gasteiger partial charge in [-0.25, -0.2) is 0 Å². The zero-order chi connectivity index (χ0) is 21.6. The number of carbonyl (C=O) groups excluding carboxylic acids is 2. The van der Waals surface area contributed by atoms with Gasteiger partial charge in [-0.15, -0.1) is 5.10 Å². The molecule has 0 bridgehead atoms. The Hall–Kier alpha value is -3.00. The molecule has 1 aliphatic carbocycles. The average molecular weight is 439 g/mol. The lowest BCUT2D eigenvalue weighted by molar-refractivity contribution is -0.127. The van der Waals surface area contributed by atoms with E-state index >= 15 is 0 Å². The Bertz CT molecular complexity index is 981. The number of hydrogen-bond acceptors (Lipinski definition) is 6. The maximum absolute atomic E-state index is 13.5. The van der Waals surface area contributed by atoms with Gasteiger partial charge in [0.25, 0.3) is 11.8 Å². The zero-order valence-corrected chi connectivity index (χ0v) is 18.3. The average Bonchev–Trinajstić information content (AvgIpc) is 3.50. The van der Waals surface area contributed by atoms with Crippen LogP contribution in [0.4, 0.5) is 0 Å². The number of aromatic nitrogens is 2. The highest BCUT2D eigenvalue weighted by molar-refractivity contribution is 7.03. The summed E-state index contributed by atoms with van der Waals surface area (Å²) in [5.41, 5.74) is 2.27. The molecule has 162 valence electrons. The van der Waals surface area contributed by atoms with Crippen LogP contribution in [0.2, 0.25) is 0 Å². The van der Waals surface area contributed by atoms with Gasteiger partial charge in [-0.2, -0.15) is 0 Å². The van der Waals surface area contributed by atoms with Crippen LogP contribution in [0.15, 0.2) is 52.5 Å². The van der Waals surface area contributed by atoms with E-state index in [0.717, 1.165) is 48.3 Å². The number of hydrogen-bond donors (Lipinski definition) is 1. The van der Waals surface area contributed by atoms with Crippen molar-refractivity contribution in [3.63, 3.8) is 0 Å².